The number of anilines is 1. The molecular weight excluding hydrogens is 318 g/mol. The van der Waals surface area contributed by atoms with Gasteiger partial charge in [-0.15, -0.1) is 10.2 Å². The summed E-state index contributed by atoms with van der Waals surface area (Å²) in [5.74, 6) is 2.05. The van der Waals surface area contributed by atoms with Gasteiger partial charge in [0.25, 0.3) is 0 Å². The highest BCUT2D eigenvalue weighted by Gasteiger charge is 2.32. The van der Waals surface area contributed by atoms with Crippen molar-refractivity contribution >= 4 is 11.8 Å². The summed E-state index contributed by atoms with van der Waals surface area (Å²) in [5, 5.41) is 12.1. The molecule has 1 fully saturated rings. The number of fused-ring (bicyclic) bond motifs is 1. The normalized spacial score (nSPS) is 21.1. The molecule has 1 aromatic carbocycles. The zero-order valence-electron chi connectivity index (χ0n) is 14.4. The van der Waals surface area contributed by atoms with Crippen LogP contribution in [0, 0.1) is 0 Å². The number of hydrogen-bond donors (Lipinski definition) is 1. The van der Waals surface area contributed by atoms with E-state index < -0.39 is 0 Å². The molecule has 2 aromatic rings. The number of carbonyl (C=O) groups excluding carboxylic acids is 1. The zero-order chi connectivity index (χ0) is 17.2. The van der Waals surface area contributed by atoms with Crippen LogP contribution in [0.2, 0.25) is 0 Å². The number of amides is 1. The molecule has 1 aromatic heterocycles. The maximum atomic E-state index is 12.1. The molecule has 25 heavy (non-hydrogen) atoms. The summed E-state index contributed by atoms with van der Waals surface area (Å²) in [6.07, 6.45) is 2.92. The van der Waals surface area contributed by atoms with Crippen LogP contribution < -0.4 is 10.2 Å². The summed E-state index contributed by atoms with van der Waals surface area (Å²) >= 11 is 0. The van der Waals surface area contributed by atoms with Gasteiger partial charge in [0, 0.05) is 25.2 Å². The summed E-state index contributed by atoms with van der Waals surface area (Å²) in [6, 6.07) is 9.69. The molecule has 0 spiro atoms. The number of hydrogen-bond acceptors (Lipinski definition) is 5. The first-order chi connectivity index (χ1) is 12.2. The Bertz CT molecular complexity index is 745. The number of carbonyl (C=O) groups is 1. The predicted molar refractivity (Wildman–Crippen MR) is 93.4 cm³/mol. The topological polar surface area (TPSA) is 72.3 Å². The first kappa shape index (κ1) is 16.1. The van der Waals surface area contributed by atoms with Gasteiger partial charge in [-0.2, -0.15) is 0 Å². The van der Waals surface area contributed by atoms with Crippen LogP contribution >= 0.6 is 0 Å². The Kier molecular flexibility index (Phi) is 4.40. The van der Waals surface area contributed by atoms with Crippen molar-refractivity contribution in [2.45, 2.75) is 44.9 Å². The predicted octanol–water partition coefficient (Wildman–Crippen LogP) is 2.29. The Labute approximate surface area is 147 Å². The van der Waals surface area contributed by atoms with Crippen LogP contribution in [0.25, 0.3) is 0 Å². The minimum atomic E-state index is -0.287. The van der Waals surface area contributed by atoms with Gasteiger partial charge in [-0.1, -0.05) is 18.2 Å². The summed E-state index contributed by atoms with van der Waals surface area (Å²) in [4.78, 5) is 13.8. The van der Waals surface area contributed by atoms with E-state index in [2.05, 4.69) is 27.0 Å². The van der Waals surface area contributed by atoms with Crippen LogP contribution in [0.3, 0.4) is 0 Å². The molecule has 0 unspecified atom stereocenters. The Morgan fingerprint density at radius 2 is 2.12 bits per heavy atom. The van der Waals surface area contributed by atoms with Gasteiger partial charge in [0.05, 0.1) is 12.6 Å². The van der Waals surface area contributed by atoms with E-state index in [0.717, 1.165) is 30.3 Å². The largest absolute Gasteiger partial charge is 0.443 e. The van der Waals surface area contributed by atoms with Gasteiger partial charge in [0.1, 0.15) is 17.8 Å². The molecule has 7 nitrogen and oxygen atoms in total. The van der Waals surface area contributed by atoms with Crippen LogP contribution in [0.1, 0.15) is 37.5 Å². The first-order valence-corrected chi connectivity index (χ1v) is 8.91. The van der Waals surface area contributed by atoms with Crippen molar-refractivity contribution in [3.63, 3.8) is 0 Å². The summed E-state index contributed by atoms with van der Waals surface area (Å²) in [5.41, 5.74) is 0.870. The van der Waals surface area contributed by atoms with Gasteiger partial charge in [0.2, 0.25) is 0 Å². The first-order valence-electron chi connectivity index (χ1n) is 8.91. The van der Waals surface area contributed by atoms with E-state index in [9.17, 15) is 4.79 Å². The third-order valence-electron chi connectivity index (χ3n) is 4.87. The highest BCUT2D eigenvalue weighted by Crippen LogP contribution is 2.22. The molecule has 0 bridgehead atoms. The number of aryl methyl sites for hydroxylation is 1. The summed E-state index contributed by atoms with van der Waals surface area (Å²) in [6.45, 7) is 4.22. The average molecular weight is 341 g/mol. The van der Waals surface area contributed by atoms with Crippen molar-refractivity contribution in [1.29, 1.82) is 0 Å². The van der Waals surface area contributed by atoms with Crippen LogP contribution in [-0.4, -0.2) is 40.1 Å². The molecule has 7 heteroatoms. The Morgan fingerprint density at radius 3 is 2.96 bits per heavy atom. The molecular formula is C18H23N5O2. The van der Waals surface area contributed by atoms with E-state index in [-0.39, 0.29) is 18.2 Å². The number of benzene rings is 1. The fourth-order valence-electron chi connectivity index (χ4n) is 3.50. The second-order valence-electron chi connectivity index (χ2n) is 6.67. The van der Waals surface area contributed by atoms with Crippen molar-refractivity contribution in [3.05, 3.63) is 42.0 Å². The monoisotopic (exact) mass is 341 g/mol. The Morgan fingerprint density at radius 1 is 1.28 bits per heavy atom. The summed E-state index contributed by atoms with van der Waals surface area (Å²) < 4.78 is 7.71. The lowest BCUT2D eigenvalue weighted by Crippen LogP contribution is -2.33. The SMILES string of the molecule is C[C@H](NC[C@@H]1CN(c2ccccc2)C(=O)O1)c1nnc2n1CCCC2. The van der Waals surface area contributed by atoms with Crippen molar-refractivity contribution in [2.75, 3.05) is 18.0 Å². The molecule has 1 saturated heterocycles. The highest BCUT2D eigenvalue weighted by molar-refractivity contribution is 5.89. The van der Waals surface area contributed by atoms with Crippen LogP contribution in [0.4, 0.5) is 10.5 Å². The molecule has 2 aliphatic rings. The molecule has 1 amide bonds. The molecule has 2 atom stereocenters. The molecule has 4 rings (SSSR count). The van der Waals surface area contributed by atoms with Gasteiger partial charge in [-0.05, 0) is 31.9 Å². The van der Waals surface area contributed by atoms with Crippen molar-refractivity contribution in [2.24, 2.45) is 0 Å². The van der Waals surface area contributed by atoms with Crippen molar-refractivity contribution < 1.29 is 9.53 Å². The number of cyclic esters (lactones) is 1. The second-order valence-corrected chi connectivity index (χ2v) is 6.67. The van der Waals surface area contributed by atoms with E-state index in [1.807, 2.05) is 30.3 Å². The lowest BCUT2D eigenvalue weighted by Gasteiger charge is -2.19. The van der Waals surface area contributed by atoms with E-state index in [1.54, 1.807) is 4.90 Å². The van der Waals surface area contributed by atoms with Crippen LogP contribution in [0.15, 0.2) is 30.3 Å². The number of nitrogens with zero attached hydrogens (tertiary/aromatic N) is 4. The van der Waals surface area contributed by atoms with E-state index in [1.165, 1.54) is 12.8 Å². The number of aromatic nitrogens is 3. The highest BCUT2D eigenvalue weighted by atomic mass is 16.6. The van der Waals surface area contributed by atoms with E-state index >= 15 is 0 Å². The second kappa shape index (κ2) is 6.84. The van der Waals surface area contributed by atoms with Gasteiger partial charge < -0.3 is 14.6 Å². The molecule has 132 valence electrons. The molecule has 3 heterocycles. The maximum Gasteiger partial charge on any atom is 0.414 e. The molecule has 1 N–H and O–H groups in total. The standard InChI is InChI=1S/C18H23N5O2/c1-13(17-21-20-16-9-5-6-10-22(16)17)19-11-15-12-23(18(24)25-15)14-7-3-2-4-8-14/h2-4,7-8,13,15,19H,5-6,9-12H2,1H3/t13-,15+/m0/s1. The number of nitrogens with one attached hydrogen (secondary N) is 1. The van der Waals surface area contributed by atoms with Crippen molar-refractivity contribution in [3.8, 4) is 0 Å². The quantitative estimate of drug-likeness (QED) is 0.903. The smallest absolute Gasteiger partial charge is 0.414 e. The number of ether oxygens (including phenoxy) is 1. The molecule has 2 aliphatic heterocycles. The minimum absolute atomic E-state index is 0.0730. The maximum absolute atomic E-state index is 12.1. The Hall–Kier alpha value is -2.41. The van der Waals surface area contributed by atoms with Crippen molar-refractivity contribution in [1.82, 2.24) is 20.1 Å². The lowest BCUT2D eigenvalue weighted by molar-refractivity contribution is 0.138. The van der Waals surface area contributed by atoms with E-state index in [0.29, 0.717) is 13.1 Å². The van der Waals surface area contributed by atoms with Crippen LogP contribution in [-0.2, 0) is 17.7 Å². The Balaban J connectivity index is 1.36. The van der Waals surface area contributed by atoms with Gasteiger partial charge >= 0.3 is 6.09 Å². The van der Waals surface area contributed by atoms with Gasteiger partial charge in [0.15, 0.2) is 0 Å². The van der Waals surface area contributed by atoms with Gasteiger partial charge in [-0.3, -0.25) is 4.90 Å². The molecule has 0 aliphatic carbocycles. The van der Waals surface area contributed by atoms with E-state index in [4.69, 9.17) is 4.74 Å². The third kappa shape index (κ3) is 3.24. The lowest BCUT2D eigenvalue weighted by atomic mass is 10.1. The van der Waals surface area contributed by atoms with Gasteiger partial charge in [-0.25, -0.2) is 4.79 Å². The molecule has 0 saturated carbocycles. The fraction of sp³-hybridized carbons (Fsp3) is 0.500. The van der Waals surface area contributed by atoms with Crippen LogP contribution in [0.5, 0.6) is 0 Å². The third-order valence-corrected chi connectivity index (χ3v) is 4.87. The number of para-hydroxylation sites is 1. The fourth-order valence-corrected chi connectivity index (χ4v) is 3.50. The summed E-state index contributed by atoms with van der Waals surface area (Å²) in [7, 11) is 0. The number of rotatable bonds is 5. The minimum Gasteiger partial charge on any atom is -0.443 e. The average Bonchev–Trinajstić information content (AvgIpc) is 3.24. The zero-order valence-corrected chi connectivity index (χ0v) is 14.4. The molecule has 0 radical (unpaired) electrons.